The summed E-state index contributed by atoms with van der Waals surface area (Å²) in [5.41, 5.74) is 0.617. The van der Waals surface area contributed by atoms with Gasteiger partial charge in [0.1, 0.15) is 0 Å². The molecule has 25 heavy (non-hydrogen) atoms. The van der Waals surface area contributed by atoms with Gasteiger partial charge in [-0.1, -0.05) is 12.1 Å². The molecule has 10 heteroatoms. The van der Waals surface area contributed by atoms with E-state index in [0.717, 1.165) is 0 Å². The van der Waals surface area contributed by atoms with Gasteiger partial charge in [-0.2, -0.15) is 0 Å². The molecule has 134 valence electrons. The van der Waals surface area contributed by atoms with Gasteiger partial charge < -0.3 is 15.1 Å². The fourth-order valence-electron chi connectivity index (χ4n) is 1.89. The van der Waals surface area contributed by atoms with Crippen LogP contribution in [0.2, 0.25) is 0 Å². The van der Waals surface area contributed by atoms with Crippen molar-refractivity contribution in [2.75, 3.05) is 13.6 Å². The van der Waals surface area contributed by atoms with Crippen molar-refractivity contribution in [1.29, 1.82) is 0 Å². The van der Waals surface area contributed by atoms with Crippen LogP contribution >= 0.6 is 15.9 Å². The lowest BCUT2D eigenvalue weighted by Crippen LogP contribution is -2.36. The number of nitrogens with one attached hydrogen (secondary N) is 3. The third-order valence-corrected chi connectivity index (χ3v) is 5.01. The van der Waals surface area contributed by atoms with Crippen molar-refractivity contribution in [3.8, 4) is 0 Å². The molecule has 0 aliphatic carbocycles. The molecule has 0 bridgehead atoms. The van der Waals surface area contributed by atoms with Gasteiger partial charge in [0, 0.05) is 6.54 Å². The Kier molecular flexibility index (Phi) is 6.34. The molecule has 2 amide bonds. The van der Waals surface area contributed by atoms with E-state index in [9.17, 15) is 18.0 Å². The van der Waals surface area contributed by atoms with E-state index >= 15 is 0 Å². The Hall–Kier alpha value is -2.17. The molecule has 1 aromatic heterocycles. The summed E-state index contributed by atoms with van der Waals surface area (Å²) in [7, 11) is -2.22. The fourth-order valence-corrected chi connectivity index (χ4v) is 2.99. The number of amides is 2. The number of carbonyl (C=O) groups excluding carboxylic acids is 2. The Bertz CT molecular complexity index is 879. The number of carbonyl (C=O) groups is 2. The first kappa shape index (κ1) is 19.2. The van der Waals surface area contributed by atoms with Gasteiger partial charge in [0.2, 0.25) is 15.9 Å². The van der Waals surface area contributed by atoms with Gasteiger partial charge in [-0.3, -0.25) is 9.59 Å². The lowest BCUT2D eigenvalue weighted by atomic mass is 10.2. The first-order chi connectivity index (χ1) is 11.8. The van der Waals surface area contributed by atoms with Crippen LogP contribution in [0, 0.1) is 0 Å². The lowest BCUT2D eigenvalue weighted by Gasteiger charge is -2.08. The second-order valence-electron chi connectivity index (χ2n) is 4.92. The molecule has 0 saturated carbocycles. The van der Waals surface area contributed by atoms with Crippen LogP contribution in [0.5, 0.6) is 0 Å². The van der Waals surface area contributed by atoms with Crippen LogP contribution in [0.15, 0.2) is 50.4 Å². The third kappa shape index (κ3) is 5.41. The van der Waals surface area contributed by atoms with Crippen molar-refractivity contribution >= 4 is 37.8 Å². The van der Waals surface area contributed by atoms with Crippen molar-refractivity contribution in [2.45, 2.75) is 11.4 Å². The van der Waals surface area contributed by atoms with Gasteiger partial charge in [-0.25, -0.2) is 13.1 Å². The molecule has 0 unspecified atom stereocenters. The highest BCUT2D eigenvalue weighted by Crippen LogP contribution is 2.13. The summed E-state index contributed by atoms with van der Waals surface area (Å²) in [4.78, 5) is 23.7. The first-order valence-corrected chi connectivity index (χ1v) is 9.42. The molecule has 8 nitrogen and oxygen atoms in total. The SMILES string of the molecule is CNS(=O)(=O)c1cccc(CNC(=O)CNC(=O)c2ccc(Br)o2)c1. The Labute approximate surface area is 153 Å². The fraction of sp³-hybridized carbons (Fsp3) is 0.200. The zero-order chi connectivity index (χ0) is 18.4. The predicted octanol–water partition coefficient (Wildman–Crippen LogP) is 0.996. The molecule has 1 heterocycles. The van der Waals surface area contributed by atoms with Crippen molar-refractivity contribution in [3.63, 3.8) is 0 Å². The van der Waals surface area contributed by atoms with Crippen molar-refractivity contribution < 1.29 is 22.4 Å². The van der Waals surface area contributed by atoms with Crippen molar-refractivity contribution in [2.24, 2.45) is 0 Å². The number of sulfonamides is 1. The smallest absolute Gasteiger partial charge is 0.287 e. The molecule has 0 spiro atoms. The molecule has 0 radical (unpaired) electrons. The highest BCUT2D eigenvalue weighted by Gasteiger charge is 2.13. The van der Waals surface area contributed by atoms with Gasteiger partial charge in [0.05, 0.1) is 11.4 Å². The average Bonchev–Trinajstić information content (AvgIpc) is 3.04. The summed E-state index contributed by atoms with van der Waals surface area (Å²) in [5, 5.41) is 5.02. The number of furan rings is 1. The van der Waals surface area contributed by atoms with Crippen LogP contribution in [0.1, 0.15) is 16.1 Å². The Morgan fingerprint density at radius 1 is 1.16 bits per heavy atom. The van der Waals surface area contributed by atoms with Gasteiger partial charge in [-0.15, -0.1) is 0 Å². The minimum absolute atomic E-state index is 0.0876. The van der Waals surface area contributed by atoms with E-state index in [0.29, 0.717) is 10.2 Å². The summed E-state index contributed by atoms with van der Waals surface area (Å²) in [6.45, 7) is -0.0975. The van der Waals surface area contributed by atoms with E-state index < -0.39 is 21.8 Å². The van der Waals surface area contributed by atoms with E-state index in [1.165, 1.54) is 25.2 Å². The van der Waals surface area contributed by atoms with Gasteiger partial charge in [0.25, 0.3) is 5.91 Å². The largest absolute Gasteiger partial charge is 0.444 e. The molecule has 2 rings (SSSR count). The normalized spacial score (nSPS) is 11.1. The first-order valence-electron chi connectivity index (χ1n) is 7.14. The molecular formula is C15H16BrN3O5S. The van der Waals surface area contributed by atoms with E-state index in [1.807, 2.05) is 0 Å². The summed E-state index contributed by atoms with van der Waals surface area (Å²) in [6, 6.07) is 9.24. The maximum Gasteiger partial charge on any atom is 0.287 e. The molecule has 0 saturated heterocycles. The van der Waals surface area contributed by atoms with Gasteiger partial charge in [-0.05, 0) is 52.8 Å². The summed E-state index contributed by atoms with van der Waals surface area (Å²) < 4.78 is 31.2. The van der Waals surface area contributed by atoms with Crippen LogP contribution < -0.4 is 15.4 Å². The quantitative estimate of drug-likeness (QED) is 0.606. The highest BCUT2D eigenvalue weighted by atomic mass is 79.9. The lowest BCUT2D eigenvalue weighted by molar-refractivity contribution is -0.120. The van der Waals surface area contributed by atoms with E-state index in [1.54, 1.807) is 18.2 Å². The molecule has 0 aliphatic rings. The Morgan fingerprint density at radius 2 is 1.92 bits per heavy atom. The minimum atomic E-state index is -3.54. The third-order valence-electron chi connectivity index (χ3n) is 3.17. The highest BCUT2D eigenvalue weighted by molar-refractivity contribution is 9.10. The van der Waals surface area contributed by atoms with Gasteiger partial charge in [0.15, 0.2) is 10.4 Å². The van der Waals surface area contributed by atoms with E-state index in [-0.39, 0.29) is 23.7 Å². The molecule has 3 N–H and O–H groups in total. The van der Waals surface area contributed by atoms with Crippen molar-refractivity contribution in [3.05, 3.63) is 52.4 Å². The van der Waals surface area contributed by atoms with E-state index in [2.05, 4.69) is 31.3 Å². The number of hydrogen-bond donors (Lipinski definition) is 3. The van der Waals surface area contributed by atoms with Crippen LogP contribution in [-0.4, -0.2) is 33.8 Å². The average molecular weight is 430 g/mol. The molecule has 1 aromatic carbocycles. The zero-order valence-electron chi connectivity index (χ0n) is 13.2. The van der Waals surface area contributed by atoms with Gasteiger partial charge >= 0.3 is 0 Å². The second-order valence-corrected chi connectivity index (χ2v) is 7.59. The number of halogens is 1. The number of hydrogen-bond acceptors (Lipinski definition) is 5. The maximum absolute atomic E-state index is 11.8. The minimum Gasteiger partial charge on any atom is -0.444 e. The second kappa shape index (κ2) is 8.28. The number of rotatable bonds is 7. The Balaban J connectivity index is 1.86. The molecule has 2 aromatic rings. The molecular weight excluding hydrogens is 414 g/mol. The summed E-state index contributed by atoms with van der Waals surface area (Å²) >= 11 is 3.08. The van der Waals surface area contributed by atoms with Crippen LogP contribution in [-0.2, 0) is 21.4 Å². The summed E-state index contributed by atoms with van der Waals surface area (Å²) in [5.74, 6) is -0.839. The monoisotopic (exact) mass is 429 g/mol. The maximum atomic E-state index is 11.8. The molecule has 0 fully saturated rings. The van der Waals surface area contributed by atoms with Crippen LogP contribution in [0.25, 0.3) is 0 Å². The van der Waals surface area contributed by atoms with Crippen LogP contribution in [0.3, 0.4) is 0 Å². The van der Waals surface area contributed by atoms with Crippen molar-refractivity contribution in [1.82, 2.24) is 15.4 Å². The molecule has 0 atom stereocenters. The van der Waals surface area contributed by atoms with E-state index in [4.69, 9.17) is 4.42 Å². The standard InChI is InChI=1S/C15H16BrN3O5S/c1-17-25(22,23)11-4-2-3-10(7-11)8-18-14(20)9-19-15(21)12-5-6-13(16)24-12/h2-7,17H,8-9H2,1H3,(H,18,20)(H,19,21). The summed E-state index contributed by atoms with van der Waals surface area (Å²) in [6.07, 6.45) is 0. The van der Waals surface area contributed by atoms with Crippen LogP contribution in [0.4, 0.5) is 0 Å². The zero-order valence-corrected chi connectivity index (χ0v) is 15.6. The topological polar surface area (TPSA) is 118 Å². The predicted molar refractivity (Wildman–Crippen MR) is 93.3 cm³/mol. The Morgan fingerprint density at radius 3 is 2.56 bits per heavy atom. The number of benzene rings is 1. The molecule has 0 aliphatic heterocycles.